The lowest BCUT2D eigenvalue weighted by Gasteiger charge is -2.48. The summed E-state index contributed by atoms with van der Waals surface area (Å²) in [6, 6.07) is 3.67. The number of aliphatic hydroxyl groups is 6. The lowest BCUT2D eigenvalue weighted by atomic mass is 9.74. The van der Waals surface area contributed by atoms with Crippen LogP contribution < -0.4 is 5.32 Å². The zero-order valence-electron chi connectivity index (χ0n) is 46.8. The number of aromatic nitrogens is 3. The molecule has 3 aliphatic rings. The van der Waals surface area contributed by atoms with E-state index in [9.17, 15) is 55.1 Å². The van der Waals surface area contributed by atoms with Crippen molar-refractivity contribution in [3.05, 3.63) is 51.8 Å². The van der Waals surface area contributed by atoms with Gasteiger partial charge in [0.25, 0.3) is 11.6 Å². The summed E-state index contributed by atoms with van der Waals surface area (Å²) in [4.78, 5) is 52.2. The second-order valence-corrected chi connectivity index (χ2v) is 23.7. The van der Waals surface area contributed by atoms with E-state index in [4.69, 9.17) is 51.6 Å². The number of esters is 1. The number of Topliss-reactive ketones (excluding diaryl/α,β-unsaturated/α-hetero) is 1. The van der Waals surface area contributed by atoms with Crippen LogP contribution in [0.5, 0.6) is 0 Å². The number of cyclic esters (lactones) is 1. The molecule has 20 atom stereocenters. The number of aryl methyl sites for hydroxylation is 1. The van der Waals surface area contributed by atoms with Gasteiger partial charge in [0.15, 0.2) is 11.1 Å². The fourth-order valence-corrected chi connectivity index (χ4v) is 11.7. The summed E-state index contributed by atoms with van der Waals surface area (Å²) in [5, 5.41) is 92.7. The molecule has 0 spiro atoms. The fraction of sp³-hybridized carbons (Fsp3) is 0.792. The Kier molecular flexibility index (Phi) is 23.0. The highest BCUT2D eigenvalue weighted by Gasteiger charge is 2.53. The zero-order valence-corrected chi connectivity index (χ0v) is 48.3. The van der Waals surface area contributed by atoms with Crippen molar-refractivity contribution < 1.29 is 78.4 Å². The number of non-ortho nitro benzene ring substituents is 1. The van der Waals surface area contributed by atoms with Gasteiger partial charge < -0.3 is 69.3 Å². The number of ether oxygens (including phenoxy) is 6. The maximum Gasteiger partial charge on any atom is 0.311 e. The minimum atomic E-state index is -2.05. The van der Waals surface area contributed by atoms with Gasteiger partial charge in [-0.05, 0) is 105 Å². The molecule has 0 unspecified atom stereocenters. The molecule has 1 aromatic carbocycles. The number of halogens is 2. The quantitative estimate of drug-likeness (QED) is 0.0459. The van der Waals surface area contributed by atoms with E-state index >= 15 is 0 Å². The molecule has 1 amide bonds. The van der Waals surface area contributed by atoms with Gasteiger partial charge in [-0.1, -0.05) is 56.1 Å². The Morgan fingerprint density at radius 1 is 1.01 bits per heavy atom. The minimum Gasteiger partial charge on any atom is -0.459 e. The van der Waals surface area contributed by atoms with E-state index in [0.717, 1.165) is 0 Å². The molecule has 5 rings (SSSR count). The predicted octanol–water partition coefficient (Wildman–Crippen LogP) is 3.35. The number of carbonyl (C=O) groups excluding carboxylic acids is 3. The van der Waals surface area contributed by atoms with Gasteiger partial charge in [0.2, 0.25) is 0 Å². The van der Waals surface area contributed by atoms with Crippen LogP contribution in [0, 0.1) is 33.8 Å². The number of carbonyl (C=O) groups is 3. The average Bonchev–Trinajstić information content (AvgIpc) is 3.88. The fourth-order valence-electron chi connectivity index (χ4n) is 11.6. The number of aliphatic hydroxyl groups excluding tert-OH is 4. The number of amides is 1. The van der Waals surface area contributed by atoms with Crippen molar-refractivity contribution in [2.75, 3.05) is 27.3 Å². The molecule has 0 bridgehead atoms. The summed E-state index contributed by atoms with van der Waals surface area (Å²) in [7, 11) is 3.34. The average molecular weight is 1150 g/mol. The normalized spacial score (nSPS) is 37.4. The number of nitro groups is 1. The maximum absolute atomic E-state index is 14.4. The van der Waals surface area contributed by atoms with Gasteiger partial charge in [0.05, 0.1) is 83.6 Å². The highest BCUT2D eigenvalue weighted by Crippen LogP contribution is 2.40. The lowest BCUT2D eigenvalue weighted by molar-refractivity contribution is -0.384. The van der Waals surface area contributed by atoms with E-state index in [0.29, 0.717) is 31.5 Å². The Bertz CT molecular complexity index is 2300. The molecule has 7 N–H and O–H groups in total. The molecule has 442 valence electrons. The number of likely N-dealkylation sites (N-methyl/N-ethyl adjacent to an activating group) is 1. The number of rotatable bonds is 19. The van der Waals surface area contributed by atoms with Gasteiger partial charge in [0.1, 0.15) is 35.8 Å². The van der Waals surface area contributed by atoms with Crippen LogP contribution in [-0.4, -0.2) is 195 Å². The van der Waals surface area contributed by atoms with Gasteiger partial charge in [-0.25, -0.2) is 0 Å². The standard InChI is InChI=1S/C53H84Cl2N6O17/c1-13-39-53(10,70)44(65)29(4)40(62)27(2)22-51(8,69)46(30(5)43(31(6)49(68)77-39)74-26-36-23-52(9,73-12)45(66)32(7)76-36)78-50-42(64)38(21-28(3)75-50)59(11)20-14-15-34-24-60(58-57-34)25-37(56-48(67)47(54)55)41(63)33-16-18-35(19-17-33)61(71)72/h16-19,24,27-32,36-39,41-47,50,63-66,69-70H,13-15,20-23,25-26H2,1-12H3,(H,56,67)/t27-,28-,29+,30+,31-,32+,36-,37+,38+,39-,41+,42-,43+,44-,45+,46-,50+,51-,52-,53-/m1/s1. The predicted molar refractivity (Wildman–Crippen MR) is 284 cm³/mol. The third kappa shape index (κ3) is 15.7. The molecule has 3 saturated heterocycles. The van der Waals surface area contributed by atoms with Crippen molar-refractivity contribution >= 4 is 46.5 Å². The Hall–Kier alpha value is -3.53. The smallest absolute Gasteiger partial charge is 0.311 e. The van der Waals surface area contributed by atoms with Gasteiger partial charge in [-0.15, -0.1) is 5.10 Å². The molecular weight excluding hydrogens is 1060 g/mol. The number of alkyl halides is 2. The van der Waals surface area contributed by atoms with Crippen LogP contribution in [0.4, 0.5) is 5.69 Å². The van der Waals surface area contributed by atoms with Crippen LogP contribution in [0.25, 0.3) is 0 Å². The van der Waals surface area contributed by atoms with E-state index in [2.05, 4.69) is 15.6 Å². The van der Waals surface area contributed by atoms with Gasteiger partial charge in [0, 0.05) is 55.7 Å². The minimum absolute atomic E-state index is 0.0692. The Balaban J connectivity index is 1.37. The van der Waals surface area contributed by atoms with Crippen molar-refractivity contribution in [2.24, 2.45) is 23.7 Å². The van der Waals surface area contributed by atoms with Crippen molar-refractivity contribution in [1.29, 1.82) is 0 Å². The number of ketones is 1. The highest BCUT2D eigenvalue weighted by molar-refractivity contribution is 6.53. The highest BCUT2D eigenvalue weighted by atomic mass is 35.5. The van der Waals surface area contributed by atoms with Gasteiger partial charge >= 0.3 is 5.97 Å². The molecule has 3 fully saturated rings. The van der Waals surface area contributed by atoms with Crippen LogP contribution in [0.1, 0.15) is 119 Å². The van der Waals surface area contributed by atoms with E-state index in [-0.39, 0.29) is 43.7 Å². The van der Waals surface area contributed by atoms with Crippen LogP contribution in [0.2, 0.25) is 0 Å². The summed E-state index contributed by atoms with van der Waals surface area (Å²) >= 11 is 11.6. The second kappa shape index (κ2) is 27.5. The summed E-state index contributed by atoms with van der Waals surface area (Å²) in [6.45, 7) is 16.5. The summed E-state index contributed by atoms with van der Waals surface area (Å²) in [5.41, 5.74) is -4.25. The maximum atomic E-state index is 14.4. The second-order valence-electron chi connectivity index (χ2n) is 22.6. The van der Waals surface area contributed by atoms with E-state index in [1.807, 2.05) is 18.9 Å². The SMILES string of the molecule is CC[C@H]1OC(=O)[C@H](C)[C@@H](OC[C@H]2C[C@@](C)(OC)[C@@H](O)[C@H](C)O2)[C@H](C)[C@@H](O[C@@H]2O[C@H](C)C[C@H](N(C)CCCc3cn(C[C@H](NC(=O)C(Cl)Cl)[C@@H](O)c4ccc([N+](=O)[O-])cc4)nn3)[C@H]2O)[C@](C)(O)C[C@@H](C)C(=O)[C@H](C)[C@@H](O)[C@]1(C)O. The molecule has 0 saturated carbocycles. The number of hydrogen-bond donors (Lipinski definition) is 7. The Labute approximate surface area is 466 Å². The zero-order chi connectivity index (χ0) is 58.4. The molecule has 25 heteroatoms. The first-order valence-corrected chi connectivity index (χ1v) is 27.7. The topological polar surface area (TPSA) is 317 Å². The van der Waals surface area contributed by atoms with E-state index in [1.165, 1.54) is 56.8 Å². The Morgan fingerprint density at radius 2 is 1.67 bits per heavy atom. The molecule has 3 aliphatic heterocycles. The summed E-state index contributed by atoms with van der Waals surface area (Å²) in [5.74, 6) is -6.09. The number of nitrogens with one attached hydrogen (secondary N) is 1. The number of benzene rings is 1. The largest absolute Gasteiger partial charge is 0.459 e. The first kappa shape index (κ1) is 65.3. The first-order chi connectivity index (χ1) is 36.4. The molecule has 4 heterocycles. The monoisotopic (exact) mass is 1150 g/mol. The van der Waals surface area contributed by atoms with Gasteiger partial charge in [-0.2, -0.15) is 0 Å². The van der Waals surface area contributed by atoms with Crippen molar-refractivity contribution in [3.63, 3.8) is 0 Å². The van der Waals surface area contributed by atoms with E-state index in [1.54, 1.807) is 47.7 Å². The molecule has 23 nitrogen and oxygen atoms in total. The third-order valence-electron chi connectivity index (χ3n) is 16.3. The molecule has 0 aliphatic carbocycles. The van der Waals surface area contributed by atoms with Crippen molar-refractivity contribution in [2.45, 2.75) is 215 Å². The van der Waals surface area contributed by atoms with Crippen molar-refractivity contribution in [3.8, 4) is 0 Å². The van der Waals surface area contributed by atoms with Crippen LogP contribution in [0.15, 0.2) is 30.5 Å². The molecule has 0 radical (unpaired) electrons. The molecule has 2 aromatic rings. The van der Waals surface area contributed by atoms with E-state index < -0.39 is 147 Å². The van der Waals surface area contributed by atoms with Crippen LogP contribution >= 0.6 is 23.2 Å². The lowest BCUT2D eigenvalue weighted by Crippen LogP contribution is -2.60. The summed E-state index contributed by atoms with van der Waals surface area (Å²) < 4.78 is 39.1. The molecule has 1 aromatic heterocycles. The summed E-state index contributed by atoms with van der Waals surface area (Å²) in [6.07, 6.45) is -8.87. The number of methoxy groups -OCH3 is 1. The van der Waals surface area contributed by atoms with Crippen molar-refractivity contribution in [1.82, 2.24) is 25.2 Å². The Morgan fingerprint density at radius 3 is 2.27 bits per heavy atom. The van der Waals surface area contributed by atoms with Gasteiger partial charge in [-0.3, -0.25) is 29.2 Å². The molecule has 78 heavy (non-hydrogen) atoms. The third-order valence-corrected chi connectivity index (χ3v) is 16.7. The number of hydrogen-bond acceptors (Lipinski definition) is 20. The first-order valence-electron chi connectivity index (χ1n) is 26.8. The molecular formula is C53H84Cl2N6O17. The number of nitro benzene ring substituents is 1. The number of nitrogens with zero attached hydrogens (tertiary/aromatic N) is 5. The van der Waals surface area contributed by atoms with Crippen LogP contribution in [-0.2, 0) is 55.8 Å². The van der Waals surface area contributed by atoms with Crippen LogP contribution in [0.3, 0.4) is 0 Å².